The van der Waals surface area contributed by atoms with Gasteiger partial charge in [-0.2, -0.15) is 0 Å². The molecule has 138 valence electrons. The minimum Gasteiger partial charge on any atom is -0.508 e. The number of hydrogen-bond donors (Lipinski definition) is 1. The van der Waals surface area contributed by atoms with E-state index in [0.717, 1.165) is 24.0 Å². The molecule has 1 saturated heterocycles. The molecular weight excluding hydrogens is 314 g/mol. The number of carbonyl (C=O) groups excluding carboxylic acids is 1. The number of aromatic hydroxyl groups is 1. The fraction of sp³-hybridized carbons (Fsp3) is 0.667. The van der Waals surface area contributed by atoms with Crippen molar-refractivity contribution in [2.45, 2.75) is 78.4 Å². The molecule has 1 amide bonds. The largest absolute Gasteiger partial charge is 0.508 e. The van der Waals surface area contributed by atoms with Gasteiger partial charge in [0, 0.05) is 18.0 Å². The molecule has 2 unspecified atom stereocenters. The highest BCUT2D eigenvalue weighted by atomic mass is 16.6. The molecule has 0 spiro atoms. The van der Waals surface area contributed by atoms with Gasteiger partial charge in [0.1, 0.15) is 11.4 Å². The van der Waals surface area contributed by atoms with Crippen LogP contribution in [0.2, 0.25) is 0 Å². The third kappa shape index (κ3) is 2.70. The van der Waals surface area contributed by atoms with Crippen LogP contribution in [0.5, 0.6) is 5.75 Å². The Bertz CT molecular complexity index is 717. The molecule has 2 atom stereocenters. The summed E-state index contributed by atoms with van der Waals surface area (Å²) in [4.78, 5) is 14.7. The minimum absolute atomic E-state index is 0.0256. The first-order valence-electron chi connectivity index (χ1n) is 9.19. The van der Waals surface area contributed by atoms with Gasteiger partial charge in [-0.15, -0.1) is 0 Å². The molecule has 0 aromatic heterocycles. The summed E-state index contributed by atoms with van der Waals surface area (Å²) in [5.74, 6) is 0.337. The van der Waals surface area contributed by atoms with Crippen molar-refractivity contribution in [2.75, 3.05) is 6.54 Å². The number of nitrogens with zero attached hydrogens (tertiary/aromatic N) is 1. The van der Waals surface area contributed by atoms with Gasteiger partial charge in [-0.1, -0.05) is 26.8 Å². The molecule has 0 saturated carbocycles. The van der Waals surface area contributed by atoms with Crippen molar-refractivity contribution in [3.05, 3.63) is 28.8 Å². The standard InChI is InChI=1S/C21H31NO3/c1-13-10-15-14(11-16(13)23)12-17-20(5,6)21(15,7)8-9-22(17)18(24)25-19(2,3)4/h10-11,17,23H,8-9,12H2,1-7H3. The van der Waals surface area contributed by atoms with Crippen LogP contribution in [0.15, 0.2) is 12.1 Å². The van der Waals surface area contributed by atoms with Gasteiger partial charge in [0.2, 0.25) is 0 Å². The quantitative estimate of drug-likeness (QED) is 0.750. The van der Waals surface area contributed by atoms with Gasteiger partial charge in [0.25, 0.3) is 0 Å². The minimum atomic E-state index is -0.496. The summed E-state index contributed by atoms with van der Waals surface area (Å²) in [6, 6.07) is 4.10. The zero-order valence-corrected chi connectivity index (χ0v) is 16.6. The maximum absolute atomic E-state index is 12.8. The molecule has 25 heavy (non-hydrogen) atoms. The van der Waals surface area contributed by atoms with Crippen LogP contribution in [-0.4, -0.2) is 34.3 Å². The van der Waals surface area contributed by atoms with Gasteiger partial charge in [0.15, 0.2) is 0 Å². The zero-order valence-electron chi connectivity index (χ0n) is 16.6. The summed E-state index contributed by atoms with van der Waals surface area (Å²) in [5, 5.41) is 10.2. The first-order chi connectivity index (χ1) is 11.4. The van der Waals surface area contributed by atoms with Crippen LogP contribution in [0.1, 0.15) is 64.7 Å². The van der Waals surface area contributed by atoms with Crippen molar-refractivity contribution in [3.63, 3.8) is 0 Å². The second-order valence-electron chi connectivity index (χ2n) is 9.49. The van der Waals surface area contributed by atoms with E-state index in [9.17, 15) is 9.90 Å². The highest BCUT2D eigenvalue weighted by Crippen LogP contribution is 2.56. The lowest BCUT2D eigenvalue weighted by atomic mass is 9.51. The van der Waals surface area contributed by atoms with E-state index in [1.54, 1.807) is 0 Å². The molecule has 1 fully saturated rings. The van der Waals surface area contributed by atoms with Crippen molar-refractivity contribution in [1.29, 1.82) is 0 Å². The van der Waals surface area contributed by atoms with E-state index in [4.69, 9.17) is 4.74 Å². The Hall–Kier alpha value is -1.71. The summed E-state index contributed by atoms with van der Waals surface area (Å²) in [6.07, 6.45) is 1.42. The van der Waals surface area contributed by atoms with Crippen LogP contribution in [0, 0.1) is 12.3 Å². The van der Waals surface area contributed by atoms with Gasteiger partial charge in [-0.3, -0.25) is 0 Å². The normalized spacial score (nSPS) is 27.6. The van der Waals surface area contributed by atoms with Crippen LogP contribution in [-0.2, 0) is 16.6 Å². The van der Waals surface area contributed by atoms with Crippen molar-refractivity contribution in [1.82, 2.24) is 4.90 Å². The Labute approximate surface area is 151 Å². The number of amides is 1. The van der Waals surface area contributed by atoms with Gasteiger partial charge < -0.3 is 14.7 Å². The third-order valence-electron chi connectivity index (χ3n) is 6.54. The Kier molecular flexibility index (Phi) is 3.90. The fourth-order valence-electron chi connectivity index (χ4n) is 4.60. The smallest absolute Gasteiger partial charge is 0.410 e. The Balaban J connectivity index is 2.04. The second-order valence-corrected chi connectivity index (χ2v) is 9.49. The number of aryl methyl sites for hydroxylation is 1. The maximum Gasteiger partial charge on any atom is 0.410 e. The van der Waals surface area contributed by atoms with E-state index in [1.807, 2.05) is 38.7 Å². The molecule has 1 N–H and O–H groups in total. The van der Waals surface area contributed by atoms with Gasteiger partial charge in [0.05, 0.1) is 0 Å². The molecule has 1 aromatic carbocycles. The monoisotopic (exact) mass is 345 g/mol. The van der Waals surface area contributed by atoms with Crippen LogP contribution < -0.4 is 0 Å². The number of fused-ring (bicyclic) bond motifs is 4. The zero-order chi connectivity index (χ0) is 18.8. The predicted octanol–water partition coefficient (Wildman–Crippen LogP) is 4.55. The number of benzene rings is 1. The molecule has 1 aliphatic heterocycles. The highest BCUT2D eigenvalue weighted by molar-refractivity contribution is 5.69. The Morgan fingerprint density at radius 3 is 2.52 bits per heavy atom. The summed E-state index contributed by atoms with van der Waals surface area (Å²) in [6.45, 7) is 15.2. The number of hydrogen-bond acceptors (Lipinski definition) is 3. The number of phenolic OH excluding ortho intramolecular Hbond substituents is 1. The molecular formula is C21H31NO3. The molecule has 2 aliphatic rings. The molecule has 1 aliphatic carbocycles. The molecule has 2 bridgehead atoms. The number of piperidine rings is 1. The van der Waals surface area contributed by atoms with E-state index in [2.05, 4.69) is 26.8 Å². The van der Waals surface area contributed by atoms with Gasteiger partial charge >= 0.3 is 6.09 Å². The first-order valence-corrected chi connectivity index (χ1v) is 9.19. The summed E-state index contributed by atoms with van der Waals surface area (Å²) < 4.78 is 5.66. The predicted molar refractivity (Wildman–Crippen MR) is 99.0 cm³/mol. The molecule has 3 rings (SSSR count). The van der Waals surface area contributed by atoms with E-state index in [-0.39, 0.29) is 23.0 Å². The molecule has 4 heteroatoms. The van der Waals surface area contributed by atoms with Crippen LogP contribution >= 0.6 is 0 Å². The lowest BCUT2D eigenvalue weighted by Crippen LogP contribution is -2.65. The lowest BCUT2D eigenvalue weighted by molar-refractivity contribution is -0.0521. The molecule has 4 nitrogen and oxygen atoms in total. The molecule has 1 aromatic rings. The average molecular weight is 345 g/mol. The highest BCUT2D eigenvalue weighted by Gasteiger charge is 2.57. The summed E-state index contributed by atoms with van der Waals surface area (Å²) in [5.41, 5.74) is 2.81. The summed E-state index contributed by atoms with van der Waals surface area (Å²) in [7, 11) is 0. The number of likely N-dealkylation sites (tertiary alicyclic amines) is 1. The number of carbonyl (C=O) groups is 1. The van der Waals surface area contributed by atoms with E-state index < -0.39 is 5.60 Å². The van der Waals surface area contributed by atoms with E-state index in [0.29, 0.717) is 12.3 Å². The lowest BCUT2D eigenvalue weighted by Gasteiger charge is -2.60. The van der Waals surface area contributed by atoms with Crippen molar-refractivity contribution < 1.29 is 14.6 Å². The molecule has 0 radical (unpaired) electrons. The second kappa shape index (κ2) is 5.39. The van der Waals surface area contributed by atoms with Crippen LogP contribution in [0.3, 0.4) is 0 Å². The van der Waals surface area contributed by atoms with Gasteiger partial charge in [-0.25, -0.2) is 4.79 Å². The molecule has 1 heterocycles. The van der Waals surface area contributed by atoms with Gasteiger partial charge in [-0.05, 0) is 68.7 Å². The van der Waals surface area contributed by atoms with E-state index in [1.165, 1.54) is 5.56 Å². The Morgan fingerprint density at radius 1 is 1.28 bits per heavy atom. The third-order valence-corrected chi connectivity index (χ3v) is 6.54. The number of ether oxygens (including phenoxy) is 1. The van der Waals surface area contributed by atoms with Crippen molar-refractivity contribution in [3.8, 4) is 5.75 Å². The average Bonchev–Trinajstić information content (AvgIpc) is 2.44. The van der Waals surface area contributed by atoms with Crippen molar-refractivity contribution >= 4 is 6.09 Å². The van der Waals surface area contributed by atoms with Crippen LogP contribution in [0.4, 0.5) is 4.79 Å². The number of phenols is 1. The number of rotatable bonds is 0. The van der Waals surface area contributed by atoms with Crippen LogP contribution in [0.25, 0.3) is 0 Å². The first kappa shape index (κ1) is 18.1. The van der Waals surface area contributed by atoms with E-state index >= 15 is 0 Å². The van der Waals surface area contributed by atoms with Crippen molar-refractivity contribution in [2.24, 2.45) is 5.41 Å². The summed E-state index contributed by atoms with van der Waals surface area (Å²) >= 11 is 0. The maximum atomic E-state index is 12.8. The Morgan fingerprint density at radius 2 is 1.92 bits per heavy atom. The topological polar surface area (TPSA) is 49.8 Å². The fourth-order valence-corrected chi connectivity index (χ4v) is 4.60. The SMILES string of the molecule is Cc1cc2c(cc1O)CC1N(C(=O)OC(C)(C)C)CCC2(C)C1(C)C.